The zero-order valence-electron chi connectivity index (χ0n) is 13.1. The van der Waals surface area contributed by atoms with Crippen molar-refractivity contribution in [3.63, 3.8) is 0 Å². The Morgan fingerprint density at radius 2 is 1.83 bits per heavy atom. The molecule has 0 radical (unpaired) electrons. The van der Waals surface area contributed by atoms with Gasteiger partial charge in [-0.3, -0.25) is 0 Å². The molecule has 0 amide bonds. The number of halogens is 2. The number of para-hydroxylation sites is 1. The van der Waals surface area contributed by atoms with E-state index >= 15 is 0 Å². The lowest BCUT2D eigenvalue weighted by atomic mass is 9.90. The Kier molecular flexibility index (Phi) is 3.96. The molecule has 3 aromatic rings. The molecule has 1 aliphatic rings. The van der Waals surface area contributed by atoms with Gasteiger partial charge in [-0.15, -0.1) is 0 Å². The molecule has 1 N–H and O–H groups in total. The maximum absolute atomic E-state index is 6.30. The molecule has 0 saturated heterocycles. The number of hydrogen-bond acceptors (Lipinski definition) is 4. The van der Waals surface area contributed by atoms with Crippen molar-refractivity contribution in [3.05, 3.63) is 62.1 Å². The van der Waals surface area contributed by atoms with Crippen LogP contribution in [0.5, 0.6) is 0 Å². The lowest BCUT2D eigenvalue weighted by Crippen LogP contribution is -2.31. The van der Waals surface area contributed by atoms with Gasteiger partial charge in [0.25, 0.3) is 0 Å². The molecular weight excluding hydrogens is 379 g/mol. The van der Waals surface area contributed by atoms with Gasteiger partial charge in [-0.05, 0) is 38.1 Å². The average Bonchev–Trinajstić information content (AvgIpc) is 2.95. The van der Waals surface area contributed by atoms with Crippen LogP contribution in [-0.2, 0) is 5.54 Å². The Labute approximate surface area is 157 Å². The van der Waals surface area contributed by atoms with Crippen LogP contribution in [0, 0.1) is 0 Å². The molecule has 1 aromatic heterocycles. The van der Waals surface area contributed by atoms with Crippen molar-refractivity contribution in [2.45, 2.75) is 19.4 Å². The van der Waals surface area contributed by atoms with Gasteiger partial charge in [-0.2, -0.15) is 0 Å². The van der Waals surface area contributed by atoms with E-state index in [2.05, 4.69) is 43.4 Å². The summed E-state index contributed by atoms with van der Waals surface area (Å²) in [7, 11) is 3.45. The fourth-order valence-electron chi connectivity index (χ4n) is 2.88. The normalized spacial score (nSPS) is 15.6. The smallest absolute Gasteiger partial charge is 0.135 e. The average molecular weight is 393 g/mol. The van der Waals surface area contributed by atoms with Crippen molar-refractivity contribution in [1.29, 1.82) is 0 Å². The summed E-state index contributed by atoms with van der Waals surface area (Å²) in [6.45, 7) is 4.40. The van der Waals surface area contributed by atoms with E-state index in [4.69, 9.17) is 28.2 Å². The number of hydrogen-bond donors (Lipinski definition) is 1. The van der Waals surface area contributed by atoms with Gasteiger partial charge in [0.05, 0.1) is 21.1 Å². The predicted molar refractivity (Wildman–Crippen MR) is 106 cm³/mol. The minimum atomic E-state index is -0.123. The monoisotopic (exact) mass is 392 g/mol. The van der Waals surface area contributed by atoms with Crippen molar-refractivity contribution >= 4 is 55.3 Å². The second-order valence-electron chi connectivity index (χ2n) is 6.18. The lowest BCUT2D eigenvalue weighted by molar-refractivity contribution is 0.619. The SMILES string of the molecule is CC1(C)Nc2ccccc2-c2c1ssc2=Nc1ccc(Cl)cc1Cl. The van der Waals surface area contributed by atoms with E-state index in [0.717, 1.165) is 16.0 Å². The van der Waals surface area contributed by atoms with Gasteiger partial charge in [0.1, 0.15) is 4.67 Å². The third-order valence-corrected chi connectivity index (χ3v) is 7.17. The fraction of sp³-hybridized carbons (Fsp3) is 0.167. The summed E-state index contributed by atoms with van der Waals surface area (Å²) in [5, 5.41) is 4.80. The molecule has 1 aliphatic heterocycles. The Bertz CT molecular complexity index is 1000. The number of fused-ring (bicyclic) bond motifs is 3. The van der Waals surface area contributed by atoms with Crippen LogP contribution in [0.4, 0.5) is 11.4 Å². The zero-order chi connectivity index (χ0) is 16.9. The Hall–Kier alpha value is -1.33. The molecule has 2 heterocycles. The van der Waals surface area contributed by atoms with Crippen LogP contribution >= 0.6 is 43.9 Å². The maximum atomic E-state index is 6.30. The summed E-state index contributed by atoms with van der Waals surface area (Å²) in [5.41, 5.74) is 4.15. The molecule has 2 aromatic carbocycles. The van der Waals surface area contributed by atoms with Gasteiger partial charge in [-0.1, -0.05) is 62.1 Å². The fourth-order valence-corrected chi connectivity index (χ4v) is 6.26. The predicted octanol–water partition coefficient (Wildman–Crippen LogP) is 6.68. The zero-order valence-corrected chi connectivity index (χ0v) is 16.2. The second kappa shape index (κ2) is 5.88. The van der Waals surface area contributed by atoms with Crippen LogP contribution in [0.1, 0.15) is 18.7 Å². The second-order valence-corrected chi connectivity index (χ2v) is 9.15. The van der Waals surface area contributed by atoms with Crippen molar-refractivity contribution in [1.82, 2.24) is 0 Å². The van der Waals surface area contributed by atoms with E-state index < -0.39 is 0 Å². The van der Waals surface area contributed by atoms with Gasteiger partial charge in [0, 0.05) is 21.8 Å². The minimum absolute atomic E-state index is 0.123. The number of rotatable bonds is 1. The highest BCUT2D eigenvalue weighted by molar-refractivity contribution is 7.68. The van der Waals surface area contributed by atoms with E-state index in [1.54, 1.807) is 26.7 Å². The first kappa shape index (κ1) is 16.2. The molecule has 122 valence electrons. The number of anilines is 1. The Balaban J connectivity index is 1.98. The lowest BCUT2D eigenvalue weighted by Gasteiger charge is -2.33. The molecule has 0 saturated carbocycles. The van der Waals surface area contributed by atoms with Crippen molar-refractivity contribution in [2.24, 2.45) is 4.99 Å². The topological polar surface area (TPSA) is 24.4 Å². The van der Waals surface area contributed by atoms with Gasteiger partial charge in [0.15, 0.2) is 0 Å². The molecule has 0 bridgehead atoms. The maximum Gasteiger partial charge on any atom is 0.135 e. The summed E-state index contributed by atoms with van der Waals surface area (Å²) in [6, 6.07) is 13.8. The third kappa shape index (κ3) is 2.68. The molecular formula is C18H14Cl2N2S2. The quantitative estimate of drug-likeness (QED) is 0.459. The van der Waals surface area contributed by atoms with E-state index in [9.17, 15) is 0 Å². The van der Waals surface area contributed by atoms with Crippen molar-refractivity contribution in [3.8, 4) is 11.1 Å². The highest BCUT2D eigenvalue weighted by Gasteiger charge is 2.33. The van der Waals surface area contributed by atoms with Gasteiger partial charge in [0.2, 0.25) is 0 Å². The summed E-state index contributed by atoms with van der Waals surface area (Å²) in [5.74, 6) is 0. The molecule has 0 spiro atoms. The van der Waals surface area contributed by atoms with Gasteiger partial charge in [-0.25, -0.2) is 4.99 Å². The largest absolute Gasteiger partial charge is 0.375 e. The first-order chi connectivity index (χ1) is 11.5. The van der Waals surface area contributed by atoms with E-state index in [1.165, 1.54) is 16.0 Å². The highest BCUT2D eigenvalue weighted by Crippen LogP contribution is 2.45. The molecule has 24 heavy (non-hydrogen) atoms. The van der Waals surface area contributed by atoms with Crippen LogP contribution < -0.4 is 9.99 Å². The molecule has 2 nitrogen and oxygen atoms in total. The van der Waals surface area contributed by atoms with Gasteiger partial charge < -0.3 is 5.32 Å². The van der Waals surface area contributed by atoms with Crippen LogP contribution in [0.3, 0.4) is 0 Å². The van der Waals surface area contributed by atoms with Crippen molar-refractivity contribution < 1.29 is 0 Å². The standard InChI is InChI=1S/C18H14Cl2N2S2/c1-18(2)16-15(11-5-3-4-6-13(11)22-18)17(24-23-16)21-14-8-7-10(19)9-12(14)20/h3-9,22H,1-2H3. The summed E-state index contributed by atoms with van der Waals surface area (Å²) < 4.78 is 0.987. The first-order valence-electron chi connectivity index (χ1n) is 7.47. The van der Waals surface area contributed by atoms with Crippen molar-refractivity contribution in [2.75, 3.05) is 5.32 Å². The molecule has 0 aliphatic carbocycles. The summed E-state index contributed by atoms with van der Waals surface area (Å²) >= 11 is 12.3. The van der Waals surface area contributed by atoms with Crippen LogP contribution in [0.2, 0.25) is 10.0 Å². The van der Waals surface area contributed by atoms with Crippen LogP contribution in [-0.4, -0.2) is 0 Å². The molecule has 0 fully saturated rings. The number of nitrogens with zero attached hydrogens (tertiary/aromatic N) is 1. The summed E-state index contributed by atoms with van der Waals surface area (Å²) in [6.07, 6.45) is 0. The first-order valence-corrected chi connectivity index (χ1v) is 10.4. The van der Waals surface area contributed by atoms with E-state index in [0.29, 0.717) is 10.0 Å². The molecule has 0 atom stereocenters. The molecule has 4 rings (SSSR count). The molecule has 0 unspecified atom stereocenters. The Morgan fingerprint density at radius 3 is 2.62 bits per heavy atom. The van der Waals surface area contributed by atoms with Crippen LogP contribution in [0.25, 0.3) is 11.1 Å². The molecule has 6 heteroatoms. The Morgan fingerprint density at radius 1 is 1.04 bits per heavy atom. The van der Waals surface area contributed by atoms with E-state index in [1.807, 2.05) is 12.1 Å². The highest BCUT2D eigenvalue weighted by atomic mass is 35.5. The van der Waals surface area contributed by atoms with Gasteiger partial charge >= 0.3 is 0 Å². The van der Waals surface area contributed by atoms with Crippen LogP contribution in [0.15, 0.2) is 47.5 Å². The van der Waals surface area contributed by atoms with E-state index in [-0.39, 0.29) is 5.54 Å². The number of nitrogens with one attached hydrogen (secondary N) is 1. The minimum Gasteiger partial charge on any atom is -0.375 e. The summed E-state index contributed by atoms with van der Waals surface area (Å²) in [4.78, 5) is 6.13. The third-order valence-electron chi connectivity index (χ3n) is 3.99. The number of benzene rings is 2.